The molecule has 30 heavy (non-hydrogen) atoms. The molecule has 1 atom stereocenters. The van der Waals surface area contributed by atoms with Crippen molar-refractivity contribution in [1.29, 1.82) is 0 Å². The molecule has 0 radical (unpaired) electrons. The summed E-state index contributed by atoms with van der Waals surface area (Å²) in [6.07, 6.45) is 0. The Bertz CT molecular complexity index is 1160. The third kappa shape index (κ3) is 5.01. The molecule has 0 saturated heterocycles. The van der Waals surface area contributed by atoms with Crippen molar-refractivity contribution in [1.82, 2.24) is 5.32 Å². The number of hydrogen-bond acceptors (Lipinski definition) is 3. The van der Waals surface area contributed by atoms with Gasteiger partial charge in [-0.1, -0.05) is 18.2 Å². The van der Waals surface area contributed by atoms with Gasteiger partial charge in [-0.15, -0.1) is 0 Å². The molecule has 0 aliphatic heterocycles. The maximum Gasteiger partial charge on any atom is 0.261 e. The van der Waals surface area contributed by atoms with Crippen LogP contribution in [0.3, 0.4) is 0 Å². The topological polar surface area (TPSA) is 75.3 Å². The first-order chi connectivity index (χ1) is 14.2. The van der Waals surface area contributed by atoms with Crippen LogP contribution in [0.25, 0.3) is 0 Å². The van der Waals surface area contributed by atoms with Crippen molar-refractivity contribution < 1.29 is 22.0 Å². The molecule has 1 amide bonds. The second-order valence-electron chi connectivity index (χ2n) is 6.84. The van der Waals surface area contributed by atoms with E-state index < -0.39 is 27.8 Å². The van der Waals surface area contributed by atoms with Gasteiger partial charge >= 0.3 is 0 Å². The van der Waals surface area contributed by atoms with Gasteiger partial charge in [0, 0.05) is 11.3 Å². The van der Waals surface area contributed by atoms with Gasteiger partial charge in [-0.25, -0.2) is 17.2 Å². The fourth-order valence-electron chi connectivity index (χ4n) is 2.85. The Morgan fingerprint density at radius 1 is 0.900 bits per heavy atom. The van der Waals surface area contributed by atoms with E-state index in [4.69, 9.17) is 0 Å². The molecule has 0 aliphatic carbocycles. The van der Waals surface area contributed by atoms with E-state index in [9.17, 15) is 22.0 Å². The predicted octanol–water partition coefficient (Wildman–Crippen LogP) is 4.57. The van der Waals surface area contributed by atoms with Gasteiger partial charge < -0.3 is 5.32 Å². The summed E-state index contributed by atoms with van der Waals surface area (Å²) in [6, 6.07) is 14.4. The Hall–Kier alpha value is -3.26. The molecule has 5 nitrogen and oxygen atoms in total. The quantitative estimate of drug-likeness (QED) is 0.602. The third-order valence-corrected chi connectivity index (χ3v) is 5.96. The van der Waals surface area contributed by atoms with Crippen LogP contribution in [0.15, 0.2) is 71.6 Å². The van der Waals surface area contributed by atoms with E-state index in [1.54, 1.807) is 26.0 Å². The predicted molar refractivity (Wildman–Crippen MR) is 111 cm³/mol. The Balaban J connectivity index is 1.82. The first-order valence-corrected chi connectivity index (χ1v) is 10.6. The van der Waals surface area contributed by atoms with Gasteiger partial charge in [-0.3, -0.25) is 9.52 Å². The summed E-state index contributed by atoms with van der Waals surface area (Å²) in [4.78, 5) is 12.6. The molecule has 0 aromatic heterocycles. The zero-order chi connectivity index (χ0) is 21.9. The molecule has 0 fully saturated rings. The minimum atomic E-state index is -3.98. The maximum absolute atomic E-state index is 13.1. The summed E-state index contributed by atoms with van der Waals surface area (Å²) in [7, 11) is -3.98. The lowest BCUT2D eigenvalue weighted by molar-refractivity contribution is 0.0939. The molecule has 0 aliphatic rings. The van der Waals surface area contributed by atoms with Crippen LogP contribution in [0.1, 0.15) is 34.5 Å². The van der Waals surface area contributed by atoms with Gasteiger partial charge in [-0.2, -0.15) is 0 Å². The van der Waals surface area contributed by atoms with Crippen LogP contribution in [-0.4, -0.2) is 14.3 Å². The SMILES string of the molecule is Cc1ccc(S(=O)(=O)Nc2ccc(F)cc2)cc1C(=O)N[C@H](C)c1ccc(F)cc1. The van der Waals surface area contributed by atoms with Crippen molar-refractivity contribution in [3.8, 4) is 0 Å². The average molecular weight is 430 g/mol. The van der Waals surface area contributed by atoms with Gasteiger partial charge in [0.15, 0.2) is 0 Å². The first kappa shape index (κ1) is 21.4. The number of nitrogens with one attached hydrogen (secondary N) is 2. The van der Waals surface area contributed by atoms with Crippen LogP contribution in [0.4, 0.5) is 14.5 Å². The van der Waals surface area contributed by atoms with Crippen LogP contribution in [-0.2, 0) is 10.0 Å². The van der Waals surface area contributed by atoms with Gasteiger partial charge in [0.25, 0.3) is 15.9 Å². The van der Waals surface area contributed by atoms with E-state index in [-0.39, 0.29) is 22.0 Å². The van der Waals surface area contributed by atoms with E-state index >= 15 is 0 Å². The Morgan fingerprint density at radius 2 is 1.47 bits per heavy atom. The monoisotopic (exact) mass is 430 g/mol. The molecule has 3 aromatic rings. The molecule has 0 spiro atoms. The standard InChI is InChI=1S/C22H20F2N2O3S/c1-14-3-12-20(30(28,29)26-19-10-8-18(24)9-11-19)13-21(14)22(27)25-15(2)16-4-6-17(23)7-5-16/h3-13,15,26H,1-2H3,(H,25,27)/t15-/m1/s1. The van der Waals surface area contributed by atoms with E-state index in [0.717, 1.165) is 12.1 Å². The zero-order valence-corrected chi connectivity index (χ0v) is 17.1. The van der Waals surface area contributed by atoms with Crippen molar-refractivity contribution in [2.24, 2.45) is 0 Å². The lowest BCUT2D eigenvalue weighted by Gasteiger charge is -2.16. The number of halogens is 2. The molecule has 0 unspecified atom stereocenters. The molecule has 0 heterocycles. The summed E-state index contributed by atoms with van der Waals surface area (Å²) in [5, 5.41) is 2.79. The Morgan fingerprint density at radius 3 is 2.07 bits per heavy atom. The minimum Gasteiger partial charge on any atom is -0.346 e. The largest absolute Gasteiger partial charge is 0.346 e. The fourth-order valence-corrected chi connectivity index (χ4v) is 3.94. The molecular weight excluding hydrogens is 410 g/mol. The van der Waals surface area contributed by atoms with E-state index in [0.29, 0.717) is 11.1 Å². The number of sulfonamides is 1. The summed E-state index contributed by atoms with van der Waals surface area (Å²) < 4.78 is 53.8. The number of rotatable bonds is 6. The highest BCUT2D eigenvalue weighted by atomic mass is 32.2. The van der Waals surface area contributed by atoms with Crippen molar-refractivity contribution in [3.63, 3.8) is 0 Å². The zero-order valence-electron chi connectivity index (χ0n) is 16.3. The average Bonchev–Trinajstić information content (AvgIpc) is 2.70. The van der Waals surface area contributed by atoms with Gasteiger partial charge in [0.2, 0.25) is 0 Å². The van der Waals surface area contributed by atoms with E-state index in [2.05, 4.69) is 10.0 Å². The van der Waals surface area contributed by atoms with Crippen molar-refractivity contribution >= 4 is 21.6 Å². The molecule has 8 heteroatoms. The molecule has 156 valence electrons. The minimum absolute atomic E-state index is 0.1000. The van der Waals surface area contributed by atoms with Crippen LogP contribution >= 0.6 is 0 Å². The summed E-state index contributed by atoms with van der Waals surface area (Å²) in [6.45, 7) is 3.44. The summed E-state index contributed by atoms with van der Waals surface area (Å²) in [5.74, 6) is -1.31. The molecule has 3 aromatic carbocycles. The van der Waals surface area contributed by atoms with Crippen LogP contribution in [0.2, 0.25) is 0 Å². The number of amides is 1. The molecular formula is C22H20F2N2O3S. The summed E-state index contributed by atoms with van der Waals surface area (Å²) in [5.41, 5.74) is 1.71. The van der Waals surface area contributed by atoms with Gasteiger partial charge in [0.05, 0.1) is 10.9 Å². The number of carbonyl (C=O) groups is 1. The van der Waals surface area contributed by atoms with Crippen molar-refractivity contribution in [3.05, 3.63) is 95.1 Å². The van der Waals surface area contributed by atoms with E-state index in [1.165, 1.54) is 42.5 Å². The first-order valence-electron chi connectivity index (χ1n) is 9.11. The highest BCUT2D eigenvalue weighted by molar-refractivity contribution is 7.92. The molecule has 0 saturated carbocycles. The van der Waals surface area contributed by atoms with Crippen molar-refractivity contribution in [2.75, 3.05) is 4.72 Å². The summed E-state index contributed by atoms with van der Waals surface area (Å²) >= 11 is 0. The van der Waals surface area contributed by atoms with Gasteiger partial charge in [-0.05, 0) is 73.5 Å². The lowest BCUT2D eigenvalue weighted by atomic mass is 10.1. The molecule has 2 N–H and O–H groups in total. The number of benzene rings is 3. The number of aryl methyl sites for hydroxylation is 1. The number of hydrogen-bond donors (Lipinski definition) is 2. The highest BCUT2D eigenvalue weighted by Gasteiger charge is 2.19. The van der Waals surface area contributed by atoms with Crippen molar-refractivity contribution in [2.45, 2.75) is 24.8 Å². The highest BCUT2D eigenvalue weighted by Crippen LogP contribution is 2.21. The molecule has 3 rings (SSSR count). The second kappa shape index (κ2) is 8.62. The second-order valence-corrected chi connectivity index (χ2v) is 8.52. The maximum atomic E-state index is 13.1. The smallest absolute Gasteiger partial charge is 0.261 e. The fraction of sp³-hybridized carbons (Fsp3) is 0.136. The van der Waals surface area contributed by atoms with Crippen LogP contribution in [0, 0.1) is 18.6 Å². The lowest BCUT2D eigenvalue weighted by Crippen LogP contribution is -2.27. The molecule has 0 bridgehead atoms. The Labute approximate surface area is 173 Å². The Kier molecular flexibility index (Phi) is 6.17. The van der Waals surface area contributed by atoms with Gasteiger partial charge in [0.1, 0.15) is 11.6 Å². The number of carbonyl (C=O) groups excluding carboxylic acids is 1. The normalized spacial score (nSPS) is 12.3. The van der Waals surface area contributed by atoms with Crippen LogP contribution < -0.4 is 10.0 Å². The number of anilines is 1. The third-order valence-electron chi connectivity index (χ3n) is 4.58. The van der Waals surface area contributed by atoms with E-state index in [1.807, 2.05) is 0 Å². The van der Waals surface area contributed by atoms with Crippen LogP contribution in [0.5, 0.6) is 0 Å².